The van der Waals surface area contributed by atoms with Crippen molar-refractivity contribution in [1.82, 2.24) is 10.6 Å². The lowest BCUT2D eigenvalue weighted by Gasteiger charge is -2.28. The molecule has 0 spiro atoms. The van der Waals surface area contributed by atoms with Crippen molar-refractivity contribution >= 4 is 18.0 Å². The summed E-state index contributed by atoms with van der Waals surface area (Å²) in [6, 6.07) is 16.3. The lowest BCUT2D eigenvalue weighted by molar-refractivity contribution is -0.148. The first-order chi connectivity index (χ1) is 15.9. The van der Waals surface area contributed by atoms with Gasteiger partial charge in [-0.25, -0.2) is 9.59 Å². The molecule has 2 atom stereocenters. The summed E-state index contributed by atoms with van der Waals surface area (Å²) in [4.78, 5) is 36.5. The van der Waals surface area contributed by atoms with Crippen LogP contribution in [0.1, 0.15) is 50.2 Å². The van der Waals surface area contributed by atoms with Crippen LogP contribution in [0, 0.1) is 11.8 Å². The summed E-state index contributed by atoms with van der Waals surface area (Å²) in [5.74, 6) is -1.58. The van der Waals surface area contributed by atoms with Gasteiger partial charge in [0.25, 0.3) is 0 Å². The van der Waals surface area contributed by atoms with Gasteiger partial charge in [-0.05, 0) is 47.4 Å². The van der Waals surface area contributed by atoms with E-state index in [9.17, 15) is 19.5 Å². The Labute approximate surface area is 193 Å². The maximum atomic E-state index is 12.5. The van der Waals surface area contributed by atoms with Crippen LogP contribution in [-0.2, 0) is 14.3 Å². The highest BCUT2D eigenvalue weighted by molar-refractivity contribution is 5.89. The molecule has 0 bridgehead atoms. The fourth-order valence-electron chi connectivity index (χ4n) is 4.77. The molecule has 0 saturated heterocycles. The van der Waals surface area contributed by atoms with Crippen LogP contribution in [0.5, 0.6) is 0 Å². The van der Waals surface area contributed by atoms with E-state index in [1.54, 1.807) is 13.8 Å². The van der Waals surface area contributed by atoms with Crippen molar-refractivity contribution in [3.63, 3.8) is 0 Å². The number of alkyl carbamates (subject to hydrolysis) is 1. The van der Waals surface area contributed by atoms with Gasteiger partial charge in [0.2, 0.25) is 5.91 Å². The molecule has 7 heteroatoms. The highest BCUT2D eigenvalue weighted by Gasteiger charge is 2.46. The summed E-state index contributed by atoms with van der Waals surface area (Å²) in [6.45, 7) is 4.07. The van der Waals surface area contributed by atoms with Crippen molar-refractivity contribution in [2.45, 2.75) is 44.6 Å². The molecular weight excluding hydrogens is 420 g/mol. The maximum Gasteiger partial charge on any atom is 0.407 e. The third-order valence-corrected chi connectivity index (χ3v) is 7.09. The molecule has 0 unspecified atom stereocenters. The molecule has 3 N–H and O–H groups in total. The van der Waals surface area contributed by atoms with E-state index in [2.05, 4.69) is 34.9 Å². The molecule has 33 heavy (non-hydrogen) atoms. The molecule has 0 heterocycles. The summed E-state index contributed by atoms with van der Waals surface area (Å²) in [7, 11) is 0. The molecule has 2 aromatic rings. The zero-order chi connectivity index (χ0) is 23.6. The van der Waals surface area contributed by atoms with Crippen LogP contribution < -0.4 is 10.6 Å². The maximum absolute atomic E-state index is 12.5. The van der Waals surface area contributed by atoms with E-state index in [4.69, 9.17) is 4.74 Å². The molecule has 0 radical (unpaired) electrons. The first-order valence-corrected chi connectivity index (χ1v) is 11.5. The van der Waals surface area contributed by atoms with Crippen LogP contribution in [0.25, 0.3) is 11.1 Å². The van der Waals surface area contributed by atoms with Crippen LogP contribution in [-0.4, -0.2) is 41.8 Å². The number of benzene rings is 2. The Morgan fingerprint density at radius 1 is 1.00 bits per heavy atom. The molecule has 7 nitrogen and oxygen atoms in total. The van der Waals surface area contributed by atoms with Crippen molar-refractivity contribution in [1.29, 1.82) is 0 Å². The molecule has 174 valence electrons. The van der Waals surface area contributed by atoms with Crippen molar-refractivity contribution in [3.8, 4) is 11.1 Å². The molecule has 0 aromatic heterocycles. The Bertz CT molecular complexity index is 1020. The number of rotatable bonds is 9. The molecule has 2 amide bonds. The number of amides is 2. The molecule has 1 saturated carbocycles. The Morgan fingerprint density at radius 2 is 1.58 bits per heavy atom. The Morgan fingerprint density at radius 3 is 2.12 bits per heavy atom. The first-order valence-electron chi connectivity index (χ1n) is 11.5. The van der Waals surface area contributed by atoms with E-state index in [1.165, 1.54) is 11.1 Å². The van der Waals surface area contributed by atoms with Gasteiger partial charge in [-0.2, -0.15) is 0 Å². The summed E-state index contributed by atoms with van der Waals surface area (Å²) in [5.41, 5.74) is 3.42. The number of carbonyl (C=O) groups is 3. The number of hydrogen-bond donors (Lipinski definition) is 3. The molecule has 2 aromatic carbocycles. The summed E-state index contributed by atoms with van der Waals surface area (Å²) < 4.78 is 5.53. The van der Waals surface area contributed by atoms with E-state index in [1.807, 2.05) is 24.3 Å². The Hall–Kier alpha value is -3.35. The van der Waals surface area contributed by atoms with E-state index in [-0.39, 0.29) is 30.3 Å². The number of carbonyl (C=O) groups excluding carboxylic acids is 2. The minimum absolute atomic E-state index is 0.00479. The molecule has 2 aliphatic rings. The second-order valence-corrected chi connectivity index (χ2v) is 8.89. The highest BCUT2D eigenvalue weighted by Crippen LogP contribution is 2.44. The van der Waals surface area contributed by atoms with Crippen LogP contribution in [0.4, 0.5) is 4.79 Å². The highest BCUT2D eigenvalue weighted by atomic mass is 16.5. The van der Waals surface area contributed by atoms with Crippen LogP contribution >= 0.6 is 0 Å². The molecule has 0 aliphatic heterocycles. The summed E-state index contributed by atoms with van der Waals surface area (Å²) >= 11 is 0. The van der Waals surface area contributed by atoms with Gasteiger partial charge in [-0.1, -0.05) is 62.4 Å². The van der Waals surface area contributed by atoms with Gasteiger partial charge in [0.15, 0.2) is 0 Å². The van der Waals surface area contributed by atoms with Crippen molar-refractivity contribution < 1.29 is 24.2 Å². The number of hydrogen-bond acceptors (Lipinski definition) is 4. The normalized spacial score (nSPS) is 18.7. The van der Waals surface area contributed by atoms with E-state index in [0.29, 0.717) is 25.8 Å². The number of carboxylic acids is 1. The van der Waals surface area contributed by atoms with E-state index in [0.717, 1.165) is 11.1 Å². The number of ether oxygens (including phenoxy) is 1. The standard InChI is InChI=1S/C26H30N2O5/c1-3-26(4-2,24(30)31)28-23(29)21-13-16(21)14-27-25(32)33-15-22-19-11-7-5-9-17(19)18-10-6-8-12-20(18)22/h5-12,16,21-22H,3-4,13-15H2,1-2H3,(H,27,32)(H,28,29)(H,30,31)/t16-,21-/m1/s1. The van der Waals surface area contributed by atoms with Crippen molar-refractivity contribution in [3.05, 3.63) is 59.7 Å². The molecule has 1 fully saturated rings. The van der Waals surface area contributed by atoms with E-state index >= 15 is 0 Å². The third kappa shape index (κ3) is 4.45. The predicted molar refractivity (Wildman–Crippen MR) is 124 cm³/mol. The SMILES string of the molecule is CCC(CC)(NC(=O)[C@@H]1C[C@@H]1CNC(=O)OCC1c2ccccc2-c2ccccc21)C(=O)O. The van der Waals surface area contributed by atoms with Gasteiger partial charge in [0, 0.05) is 18.4 Å². The summed E-state index contributed by atoms with van der Waals surface area (Å²) in [6.07, 6.45) is 0.753. The van der Waals surface area contributed by atoms with Crippen LogP contribution in [0.3, 0.4) is 0 Å². The van der Waals surface area contributed by atoms with Gasteiger partial charge in [-0.15, -0.1) is 0 Å². The number of aliphatic carboxylic acids is 1. The fourth-order valence-corrected chi connectivity index (χ4v) is 4.77. The molecular formula is C26H30N2O5. The minimum atomic E-state index is -1.23. The monoisotopic (exact) mass is 450 g/mol. The van der Waals surface area contributed by atoms with Crippen molar-refractivity contribution in [2.24, 2.45) is 11.8 Å². The first kappa shape index (κ1) is 22.8. The van der Waals surface area contributed by atoms with Crippen LogP contribution in [0.2, 0.25) is 0 Å². The Kier molecular flexibility index (Phi) is 6.40. The average Bonchev–Trinajstić information content (AvgIpc) is 3.55. The zero-order valence-corrected chi connectivity index (χ0v) is 19.0. The van der Waals surface area contributed by atoms with Gasteiger partial charge in [0.05, 0.1) is 0 Å². The second-order valence-electron chi connectivity index (χ2n) is 8.89. The smallest absolute Gasteiger partial charge is 0.407 e. The van der Waals surface area contributed by atoms with Gasteiger partial charge >= 0.3 is 12.1 Å². The largest absolute Gasteiger partial charge is 0.480 e. The Balaban J connectivity index is 1.27. The number of carboxylic acid groups (broad SMARTS) is 1. The summed E-state index contributed by atoms with van der Waals surface area (Å²) in [5, 5.41) is 15.0. The second kappa shape index (κ2) is 9.25. The van der Waals surface area contributed by atoms with Gasteiger partial charge in [-0.3, -0.25) is 4.79 Å². The van der Waals surface area contributed by atoms with Gasteiger partial charge in [0.1, 0.15) is 12.1 Å². The van der Waals surface area contributed by atoms with Crippen molar-refractivity contribution in [2.75, 3.05) is 13.2 Å². The topological polar surface area (TPSA) is 105 Å². The lowest BCUT2D eigenvalue weighted by Crippen LogP contribution is -2.54. The third-order valence-electron chi connectivity index (χ3n) is 7.09. The van der Waals surface area contributed by atoms with Crippen LogP contribution in [0.15, 0.2) is 48.5 Å². The lowest BCUT2D eigenvalue weighted by atomic mass is 9.92. The molecule has 2 aliphatic carbocycles. The fraction of sp³-hybridized carbons (Fsp3) is 0.423. The molecule has 4 rings (SSSR count). The number of nitrogens with one attached hydrogen (secondary N) is 2. The zero-order valence-electron chi connectivity index (χ0n) is 19.0. The van der Waals surface area contributed by atoms with Gasteiger partial charge < -0.3 is 20.5 Å². The predicted octanol–water partition coefficient (Wildman–Crippen LogP) is 3.92. The minimum Gasteiger partial charge on any atom is -0.480 e. The quantitative estimate of drug-likeness (QED) is 0.537. The average molecular weight is 451 g/mol. The number of fused-ring (bicyclic) bond motifs is 3. The van der Waals surface area contributed by atoms with E-state index < -0.39 is 17.6 Å².